The average molecular weight is 270 g/mol. The fourth-order valence-electron chi connectivity index (χ4n) is 2.10. The van der Waals surface area contributed by atoms with Gasteiger partial charge in [0, 0.05) is 6.54 Å². The van der Waals surface area contributed by atoms with Crippen LogP contribution in [0.5, 0.6) is 0 Å². The molecule has 3 atom stereocenters. The minimum atomic E-state index is -0.937. The fraction of sp³-hybridized carbons (Fsp3) is 0.462. The van der Waals surface area contributed by atoms with Gasteiger partial charge in [-0.05, 0) is 31.0 Å². The topological polar surface area (TPSA) is 61.4 Å². The summed E-state index contributed by atoms with van der Waals surface area (Å²) in [6, 6.07) is 2.66. The van der Waals surface area contributed by atoms with Gasteiger partial charge in [0.05, 0.1) is 18.2 Å². The van der Waals surface area contributed by atoms with Crippen LogP contribution in [0.4, 0.5) is 8.78 Å². The minimum Gasteiger partial charge on any atom is -0.392 e. The minimum absolute atomic E-state index is 0.256. The fourth-order valence-corrected chi connectivity index (χ4v) is 2.10. The van der Waals surface area contributed by atoms with Gasteiger partial charge in [-0.3, -0.25) is 4.79 Å². The van der Waals surface area contributed by atoms with Crippen molar-refractivity contribution in [3.05, 3.63) is 35.4 Å². The zero-order valence-electron chi connectivity index (χ0n) is 10.5. The average Bonchev–Trinajstić information content (AvgIpc) is 2.79. The molecule has 1 saturated heterocycles. The highest BCUT2D eigenvalue weighted by Crippen LogP contribution is 2.16. The maximum absolute atomic E-state index is 13.1. The summed E-state index contributed by atoms with van der Waals surface area (Å²) in [4.78, 5) is 11.9. The number of aliphatic hydroxyl groups is 1. The highest BCUT2D eigenvalue weighted by Gasteiger charge is 2.28. The van der Waals surface area contributed by atoms with Crippen molar-refractivity contribution in [2.24, 2.45) is 0 Å². The molecule has 1 fully saturated rings. The first-order valence-electron chi connectivity index (χ1n) is 6.14. The van der Waals surface area contributed by atoms with E-state index in [1.807, 2.05) is 0 Å². The molecule has 6 heteroatoms. The van der Waals surface area contributed by atoms with Crippen molar-refractivity contribution in [2.45, 2.75) is 31.5 Å². The van der Waals surface area contributed by atoms with E-state index < -0.39 is 29.8 Å². The zero-order valence-corrected chi connectivity index (χ0v) is 10.5. The summed E-state index contributed by atoms with van der Waals surface area (Å²) in [5.74, 6) is -2.11. The summed E-state index contributed by atoms with van der Waals surface area (Å²) in [6.45, 7) is 2.08. The number of benzene rings is 1. The van der Waals surface area contributed by atoms with Crippen molar-refractivity contribution in [3.8, 4) is 0 Å². The van der Waals surface area contributed by atoms with E-state index in [4.69, 9.17) is 0 Å². The number of nitrogens with one attached hydrogen (secondary N) is 2. The van der Waals surface area contributed by atoms with E-state index in [0.717, 1.165) is 12.1 Å². The summed E-state index contributed by atoms with van der Waals surface area (Å²) in [5.41, 5.74) is 0.491. The quantitative estimate of drug-likeness (QED) is 0.763. The van der Waals surface area contributed by atoms with Gasteiger partial charge in [-0.25, -0.2) is 8.78 Å². The normalized spacial score (nSPS) is 24.2. The Kier molecular flexibility index (Phi) is 4.11. The van der Waals surface area contributed by atoms with Gasteiger partial charge in [-0.15, -0.1) is 0 Å². The molecule has 3 N–H and O–H groups in total. The maximum atomic E-state index is 13.1. The van der Waals surface area contributed by atoms with Crippen LogP contribution in [-0.4, -0.2) is 29.7 Å². The van der Waals surface area contributed by atoms with Gasteiger partial charge >= 0.3 is 0 Å². The molecule has 2 rings (SSSR count). The smallest absolute Gasteiger partial charge is 0.237 e. The monoisotopic (exact) mass is 270 g/mol. The van der Waals surface area contributed by atoms with Crippen LogP contribution in [0.25, 0.3) is 0 Å². The van der Waals surface area contributed by atoms with E-state index in [1.54, 1.807) is 6.92 Å². The third-order valence-corrected chi connectivity index (χ3v) is 3.23. The molecular formula is C13H16F2N2O2. The van der Waals surface area contributed by atoms with Gasteiger partial charge in [-0.1, -0.05) is 6.07 Å². The molecule has 0 aromatic heterocycles. The number of hydrogen-bond acceptors (Lipinski definition) is 3. The first-order chi connectivity index (χ1) is 8.97. The van der Waals surface area contributed by atoms with E-state index >= 15 is 0 Å². The Hall–Kier alpha value is -1.53. The van der Waals surface area contributed by atoms with Crippen molar-refractivity contribution >= 4 is 5.91 Å². The molecule has 104 valence electrons. The molecule has 0 saturated carbocycles. The molecule has 0 aliphatic carbocycles. The number of carbonyl (C=O) groups excluding carboxylic acids is 1. The van der Waals surface area contributed by atoms with Crippen LogP contribution >= 0.6 is 0 Å². The van der Waals surface area contributed by atoms with E-state index in [1.165, 1.54) is 6.07 Å². The Morgan fingerprint density at radius 2 is 2.21 bits per heavy atom. The van der Waals surface area contributed by atoms with Crippen molar-refractivity contribution in [1.29, 1.82) is 0 Å². The van der Waals surface area contributed by atoms with Gasteiger partial charge in [0.1, 0.15) is 0 Å². The van der Waals surface area contributed by atoms with Crippen molar-refractivity contribution < 1.29 is 18.7 Å². The molecule has 1 aliphatic rings. The largest absolute Gasteiger partial charge is 0.392 e. The van der Waals surface area contributed by atoms with Crippen molar-refractivity contribution in [2.75, 3.05) is 6.54 Å². The molecular weight excluding hydrogens is 254 g/mol. The summed E-state index contributed by atoms with van der Waals surface area (Å²) in [7, 11) is 0. The third kappa shape index (κ3) is 3.27. The molecule has 1 aliphatic heterocycles. The second-order valence-electron chi connectivity index (χ2n) is 4.75. The van der Waals surface area contributed by atoms with Crippen molar-refractivity contribution in [1.82, 2.24) is 10.6 Å². The number of aliphatic hydroxyl groups excluding tert-OH is 1. The second-order valence-corrected chi connectivity index (χ2v) is 4.75. The van der Waals surface area contributed by atoms with E-state index in [2.05, 4.69) is 10.6 Å². The summed E-state index contributed by atoms with van der Waals surface area (Å²) >= 11 is 0. The Morgan fingerprint density at radius 3 is 2.79 bits per heavy atom. The number of amides is 1. The van der Waals surface area contributed by atoms with Crippen molar-refractivity contribution in [3.63, 3.8) is 0 Å². The Balaban J connectivity index is 1.98. The van der Waals surface area contributed by atoms with Crippen LogP contribution in [0.1, 0.15) is 24.9 Å². The summed E-state index contributed by atoms with van der Waals surface area (Å²) in [5, 5.41) is 14.9. The Labute approximate surface area is 109 Å². The Morgan fingerprint density at radius 1 is 1.47 bits per heavy atom. The molecule has 1 amide bonds. The highest BCUT2D eigenvalue weighted by molar-refractivity contribution is 5.82. The summed E-state index contributed by atoms with van der Waals surface area (Å²) in [6.07, 6.45) is -0.162. The number of β-amino-alcohol motifs (C(OH)–C–C–N with tert-alkyl or cyclic N) is 1. The number of rotatable bonds is 3. The Bertz CT molecular complexity index is 482. The second kappa shape index (κ2) is 5.63. The molecule has 0 radical (unpaired) electrons. The van der Waals surface area contributed by atoms with E-state index in [-0.39, 0.29) is 5.91 Å². The molecule has 1 aromatic rings. The van der Waals surface area contributed by atoms with Gasteiger partial charge in [0.25, 0.3) is 0 Å². The SMILES string of the molecule is CC(NC(=O)C1CC(O)CN1)c1ccc(F)c(F)c1. The standard InChI is InChI=1S/C13H16F2N2O2/c1-7(8-2-3-10(14)11(15)4-8)17-13(19)12-5-9(18)6-16-12/h2-4,7,9,12,16,18H,5-6H2,1H3,(H,17,19). The molecule has 3 unspecified atom stereocenters. The molecule has 4 nitrogen and oxygen atoms in total. The maximum Gasteiger partial charge on any atom is 0.237 e. The third-order valence-electron chi connectivity index (χ3n) is 3.23. The van der Waals surface area contributed by atoms with Crippen LogP contribution in [-0.2, 0) is 4.79 Å². The van der Waals surface area contributed by atoms with Gasteiger partial charge in [0.2, 0.25) is 5.91 Å². The lowest BCUT2D eigenvalue weighted by Gasteiger charge is -2.17. The van der Waals surface area contributed by atoms with Crippen LogP contribution in [0, 0.1) is 11.6 Å². The lowest BCUT2D eigenvalue weighted by molar-refractivity contribution is -0.123. The first-order valence-corrected chi connectivity index (χ1v) is 6.14. The van der Waals surface area contributed by atoms with Crippen LogP contribution in [0.2, 0.25) is 0 Å². The molecule has 0 bridgehead atoms. The summed E-state index contributed by atoms with van der Waals surface area (Å²) < 4.78 is 25.9. The van der Waals surface area contributed by atoms with Crippen LogP contribution in [0.3, 0.4) is 0 Å². The van der Waals surface area contributed by atoms with Gasteiger partial charge in [0.15, 0.2) is 11.6 Å². The van der Waals surface area contributed by atoms with E-state index in [0.29, 0.717) is 18.5 Å². The predicted octanol–water partition coefficient (Wildman–Crippen LogP) is 0.865. The molecule has 1 heterocycles. The van der Waals surface area contributed by atoms with Gasteiger partial charge in [-0.2, -0.15) is 0 Å². The lowest BCUT2D eigenvalue weighted by Crippen LogP contribution is -2.41. The molecule has 0 spiro atoms. The number of hydrogen-bond donors (Lipinski definition) is 3. The predicted molar refractivity (Wildman–Crippen MR) is 65.3 cm³/mol. The highest BCUT2D eigenvalue weighted by atomic mass is 19.2. The lowest BCUT2D eigenvalue weighted by atomic mass is 10.1. The van der Waals surface area contributed by atoms with Gasteiger partial charge < -0.3 is 15.7 Å². The van der Waals surface area contributed by atoms with Crippen LogP contribution in [0.15, 0.2) is 18.2 Å². The van der Waals surface area contributed by atoms with Crippen LogP contribution < -0.4 is 10.6 Å². The molecule has 1 aromatic carbocycles. The molecule has 19 heavy (non-hydrogen) atoms. The zero-order chi connectivity index (χ0) is 14.0. The number of carbonyl (C=O) groups is 1. The van der Waals surface area contributed by atoms with E-state index in [9.17, 15) is 18.7 Å². The number of halogens is 2. The first kappa shape index (κ1) is 13.9.